The Morgan fingerprint density at radius 3 is 2.95 bits per heavy atom. The molecule has 1 aromatic carbocycles. The third-order valence-electron chi connectivity index (χ3n) is 3.19. The molecule has 0 aromatic heterocycles. The van der Waals surface area contributed by atoms with Gasteiger partial charge in [0.25, 0.3) is 0 Å². The van der Waals surface area contributed by atoms with Gasteiger partial charge in [0, 0.05) is 31.6 Å². The molecule has 1 aliphatic rings. The fourth-order valence-corrected chi connectivity index (χ4v) is 2.34. The van der Waals surface area contributed by atoms with Crippen LogP contribution in [0.2, 0.25) is 0 Å². The number of carbonyl (C=O) groups excluding carboxylic acids is 2. The predicted molar refractivity (Wildman–Crippen MR) is 69.4 cm³/mol. The first-order chi connectivity index (χ1) is 9.04. The predicted octanol–water partition coefficient (Wildman–Crippen LogP) is 1.22. The Balaban J connectivity index is 1.89. The smallest absolute Gasteiger partial charge is 0.217 e. The zero-order valence-corrected chi connectivity index (χ0v) is 10.9. The Labute approximate surface area is 111 Å². The first-order valence-corrected chi connectivity index (χ1v) is 6.33. The number of nitrogens with zero attached hydrogens (tertiary/aromatic N) is 1. The zero-order valence-electron chi connectivity index (χ0n) is 10.9. The van der Waals surface area contributed by atoms with Crippen LogP contribution in [0.5, 0.6) is 0 Å². The molecule has 1 fully saturated rings. The van der Waals surface area contributed by atoms with Crippen LogP contribution in [-0.2, 0) is 4.79 Å². The molecule has 1 unspecified atom stereocenters. The Morgan fingerprint density at radius 1 is 1.47 bits per heavy atom. The molecular formula is C14H17FN2O2. The fourth-order valence-electron chi connectivity index (χ4n) is 2.34. The third kappa shape index (κ3) is 3.86. The first-order valence-electron chi connectivity index (χ1n) is 6.33. The van der Waals surface area contributed by atoms with Crippen LogP contribution in [0, 0.1) is 5.82 Å². The molecule has 0 aliphatic carbocycles. The molecule has 0 spiro atoms. The highest BCUT2D eigenvalue weighted by molar-refractivity contribution is 5.97. The molecule has 1 atom stereocenters. The Hall–Kier alpha value is -1.75. The molecule has 2 rings (SSSR count). The molecule has 1 aromatic rings. The number of hydrogen-bond donors (Lipinski definition) is 1. The summed E-state index contributed by atoms with van der Waals surface area (Å²) < 4.78 is 13.0. The lowest BCUT2D eigenvalue weighted by atomic mass is 10.1. The number of halogens is 1. The lowest BCUT2D eigenvalue weighted by molar-refractivity contribution is -0.119. The number of Topliss-reactive ketones (excluding diaryl/α,β-unsaturated/α-hetero) is 1. The van der Waals surface area contributed by atoms with Gasteiger partial charge in [0.15, 0.2) is 5.78 Å². The second-order valence-electron chi connectivity index (χ2n) is 4.85. The van der Waals surface area contributed by atoms with Gasteiger partial charge in [-0.25, -0.2) is 4.39 Å². The molecule has 0 saturated carbocycles. The maximum absolute atomic E-state index is 13.0. The third-order valence-corrected chi connectivity index (χ3v) is 3.19. The van der Waals surface area contributed by atoms with E-state index in [2.05, 4.69) is 5.32 Å². The second kappa shape index (κ2) is 5.93. The Bertz CT molecular complexity index is 490. The van der Waals surface area contributed by atoms with E-state index in [9.17, 15) is 14.0 Å². The van der Waals surface area contributed by atoms with Gasteiger partial charge < -0.3 is 5.32 Å². The van der Waals surface area contributed by atoms with Crippen molar-refractivity contribution in [3.63, 3.8) is 0 Å². The van der Waals surface area contributed by atoms with E-state index in [4.69, 9.17) is 0 Å². The summed E-state index contributed by atoms with van der Waals surface area (Å²) in [5.74, 6) is -0.547. The molecule has 1 saturated heterocycles. The highest BCUT2D eigenvalue weighted by Crippen LogP contribution is 2.11. The van der Waals surface area contributed by atoms with E-state index in [1.54, 1.807) is 6.07 Å². The zero-order chi connectivity index (χ0) is 13.8. The molecule has 1 amide bonds. The quantitative estimate of drug-likeness (QED) is 0.832. The molecule has 0 bridgehead atoms. The minimum absolute atomic E-state index is 0.0525. The largest absolute Gasteiger partial charge is 0.352 e. The van der Waals surface area contributed by atoms with Crippen LogP contribution in [0.3, 0.4) is 0 Å². The summed E-state index contributed by atoms with van der Waals surface area (Å²) in [4.78, 5) is 24.9. The van der Waals surface area contributed by atoms with Gasteiger partial charge in [-0.3, -0.25) is 14.5 Å². The minimum atomic E-state index is -0.400. The van der Waals surface area contributed by atoms with E-state index >= 15 is 0 Å². The number of amides is 1. The first kappa shape index (κ1) is 13.7. The Kier molecular flexibility index (Phi) is 4.27. The molecule has 1 aliphatic heterocycles. The molecular weight excluding hydrogens is 247 g/mol. The summed E-state index contributed by atoms with van der Waals surface area (Å²) in [7, 11) is 0. The monoisotopic (exact) mass is 264 g/mol. The van der Waals surface area contributed by atoms with Crippen LogP contribution in [0.25, 0.3) is 0 Å². The number of ketones is 1. The molecule has 19 heavy (non-hydrogen) atoms. The van der Waals surface area contributed by atoms with Gasteiger partial charge in [0.1, 0.15) is 5.82 Å². The fraction of sp³-hybridized carbons (Fsp3) is 0.429. The van der Waals surface area contributed by atoms with Crippen LogP contribution >= 0.6 is 0 Å². The lowest BCUT2D eigenvalue weighted by Gasteiger charge is -2.15. The number of likely N-dealkylation sites (tertiary alicyclic amines) is 1. The average Bonchev–Trinajstić information content (AvgIpc) is 2.75. The molecule has 5 heteroatoms. The summed E-state index contributed by atoms with van der Waals surface area (Å²) in [5, 5.41) is 2.84. The SMILES string of the molecule is CC(=O)NC1CCN(CC(=O)c2cccc(F)c2)C1. The normalized spacial score (nSPS) is 19.4. The maximum atomic E-state index is 13.0. The van der Waals surface area contributed by atoms with Crippen molar-refractivity contribution in [2.24, 2.45) is 0 Å². The van der Waals surface area contributed by atoms with E-state index in [0.29, 0.717) is 12.1 Å². The van der Waals surface area contributed by atoms with Crippen molar-refractivity contribution in [3.05, 3.63) is 35.6 Å². The van der Waals surface area contributed by atoms with Gasteiger partial charge >= 0.3 is 0 Å². The highest BCUT2D eigenvalue weighted by atomic mass is 19.1. The van der Waals surface area contributed by atoms with Gasteiger partial charge in [-0.1, -0.05) is 12.1 Å². The van der Waals surface area contributed by atoms with Gasteiger partial charge in [0.2, 0.25) is 5.91 Å². The number of benzene rings is 1. The van der Waals surface area contributed by atoms with Crippen molar-refractivity contribution < 1.29 is 14.0 Å². The standard InChI is InChI=1S/C14H17FN2O2/c1-10(18)16-13-5-6-17(8-13)9-14(19)11-3-2-4-12(15)7-11/h2-4,7,13H,5-6,8-9H2,1H3,(H,16,18). The molecule has 1 heterocycles. The summed E-state index contributed by atoms with van der Waals surface area (Å²) >= 11 is 0. The van der Waals surface area contributed by atoms with Crippen LogP contribution < -0.4 is 5.32 Å². The lowest BCUT2D eigenvalue weighted by Crippen LogP contribution is -2.36. The van der Waals surface area contributed by atoms with Crippen molar-refractivity contribution >= 4 is 11.7 Å². The van der Waals surface area contributed by atoms with Gasteiger partial charge in [-0.2, -0.15) is 0 Å². The maximum Gasteiger partial charge on any atom is 0.217 e. The van der Waals surface area contributed by atoms with Crippen molar-refractivity contribution in [2.45, 2.75) is 19.4 Å². The summed E-state index contributed by atoms with van der Waals surface area (Å²) in [6.45, 7) is 3.19. The molecule has 0 radical (unpaired) electrons. The number of carbonyl (C=O) groups is 2. The number of hydrogen-bond acceptors (Lipinski definition) is 3. The van der Waals surface area contributed by atoms with Crippen molar-refractivity contribution in [1.82, 2.24) is 10.2 Å². The second-order valence-corrected chi connectivity index (χ2v) is 4.85. The van der Waals surface area contributed by atoms with E-state index in [-0.39, 0.29) is 24.3 Å². The van der Waals surface area contributed by atoms with Crippen molar-refractivity contribution in [1.29, 1.82) is 0 Å². The average molecular weight is 264 g/mol. The van der Waals surface area contributed by atoms with Gasteiger partial charge in [0.05, 0.1) is 6.54 Å². The van der Waals surface area contributed by atoms with Crippen molar-refractivity contribution in [3.8, 4) is 0 Å². The van der Waals surface area contributed by atoms with E-state index in [0.717, 1.165) is 13.0 Å². The van der Waals surface area contributed by atoms with Crippen LogP contribution in [-0.4, -0.2) is 42.3 Å². The minimum Gasteiger partial charge on any atom is -0.352 e. The van der Waals surface area contributed by atoms with Gasteiger partial charge in [-0.05, 0) is 18.6 Å². The van der Waals surface area contributed by atoms with Crippen LogP contribution in [0.1, 0.15) is 23.7 Å². The summed E-state index contributed by atoms with van der Waals surface area (Å²) in [6.07, 6.45) is 0.843. The molecule has 4 nitrogen and oxygen atoms in total. The summed E-state index contributed by atoms with van der Waals surface area (Å²) in [6, 6.07) is 5.83. The number of nitrogens with one attached hydrogen (secondary N) is 1. The number of rotatable bonds is 4. The van der Waals surface area contributed by atoms with E-state index < -0.39 is 5.82 Å². The van der Waals surface area contributed by atoms with Crippen LogP contribution in [0.15, 0.2) is 24.3 Å². The summed E-state index contributed by atoms with van der Waals surface area (Å²) in [5.41, 5.74) is 0.392. The Morgan fingerprint density at radius 2 is 2.26 bits per heavy atom. The topological polar surface area (TPSA) is 49.4 Å². The van der Waals surface area contributed by atoms with Crippen molar-refractivity contribution in [2.75, 3.05) is 19.6 Å². The van der Waals surface area contributed by atoms with Crippen LogP contribution in [0.4, 0.5) is 4.39 Å². The van der Waals surface area contributed by atoms with E-state index in [1.807, 2.05) is 4.90 Å². The van der Waals surface area contributed by atoms with Gasteiger partial charge in [-0.15, -0.1) is 0 Å². The highest BCUT2D eigenvalue weighted by Gasteiger charge is 2.24. The van der Waals surface area contributed by atoms with E-state index in [1.165, 1.54) is 25.1 Å². The molecule has 1 N–H and O–H groups in total. The molecule has 102 valence electrons.